The molecular formula is C25H28BrN3O3S. The van der Waals surface area contributed by atoms with E-state index in [0.717, 1.165) is 46.6 Å². The quantitative estimate of drug-likeness (QED) is 0.225. The lowest BCUT2D eigenvalue weighted by atomic mass is 10.2. The number of hydrogen-bond acceptors (Lipinski definition) is 4. The van der Waals surface area contributed by atoms with Crippen LogP contribution >= 0.6 is 27.7 Å². The second-order valence-corrected chi connectivity index (χ2v) is 10.8. The first-order valence-corrected chi connectivity index (χ1v) is 12.5. The Labute approximate surface area is 206 Å². The standard InChI is InChI=1S/C25H28BrN3O3S/c1-4-5-8-15-29-16-21(23(30)28-20-10-7-6-9-19(20)26)27-22(29)17-11-13-18(14-12-17)33-25(2,3)24(31)32/h6-7,9-14,16H,4-5,8,15H2,1-3H3,(H,28,30)(H,31,32). The van der Waals surface area contributed by atoms with Crippen LogP contribution in [0.5, 0.6) is 0 Å². The fourth-order valence-electron chi connectivity index (χ4n) is 3.22. The van der Waals surface area contributed by atoms with E-state index in [-0.39, 0.29) is 5.91 Å². The van der Waals surface area contributed by atoms with Crippen molar-refractivity contribution in [2.24, 2.45) is 0 Å². The van der Waals surface area contributed by atoms with Gasteiger partial charge in [-0.05, 0) is 60.5 Å². The number of aryl methyl sites for hydroxylation is 1. The van der Waals surface area contributed by atoms with Crippen molar-refractivity contribution < 1.29 is 14.7 Å². The van der Waals surface area contributed by atoms with E-state index in [1.54, 1.807) is 20.0 Å². The van der Waals surface area contributed by atoms with Crippen LogP contribution in [0.15, 0.2) is 64.1 Å². The van der Waals surface area contributed by atoms with Gasteiger partial charge < -0.3 is 15.0 Å². The summed E-state index contributed by atoms with van der Waals surface area (Å²) >= 11 is 4.75. The van der Waals surface area contributed by atoms with E-state index in [9.17, 15) is 14.7 Å². The maximum atomic E-state index is 12.9. The molecule has 2 N–H and O–H groups in total. The number of thioether (sulfide) groups is 1. The number of aliphatic carboxylic acids is 1. The zero-order valence-electron chi connectivity index (χ0n) is 19.0. The third-order valence-corrected chi connectivity index (χ3v) is 7.02. The van der Waals surface area contributed by atoms with Gasteiger partial charge in [0.15, 0.2) is 0 Å². The molecule has 0 fully saturated rings. The number of rotatable bonds is 10. The van der Waals surface area contributed by atoms with Gasteiger partial charge >= 0.3 is 5.97 Å². The van der Waals surface area contributed by atoms with Crippen LogP contribution in [0.4, 0.5) is 5.69 Å². The number of carbonyl (C=O) groups excluding carboxylic acids is 1. The van der Waals surface area contributed by atoms with Gasteiger partial charge in [-0.15, -0.1) is 11.8 Å². The molecule has 0 aliphatic carbocycles. The number of aromatic nitrogens is 2. The van der Waals surface area contributed by atoms with Gasteiger partial charge in [-0.25, -0.2) is 4.98 Å². The van der Waals surface area contributed by atoms with Crippen LogP contribution in [0, 0.1) is 0 Å². The number of halogens is 1. The van der Waals surface area contributed by atoms with E-state index < -0.39 is 10.7 Å². The van der Waals surface area contributed by atoms with E-state index in [1.807, 2.05) is 53.1 Å². The molecule has 3 rings (SSSR count). The minimum Gasteiger partial charge on any atom is -0.480 e. The fourth-order valence-corrected chi connectivity index (χ4v) is 4.55. The predicted octanol–water partition coefficient (Wildman–Crippen LogP) is 6.71. The van der Waals surface area contributed by atoms with Crippen molar-refractivity contribution in [3.63, 3.8) is 0 Å². The van der Waals surface area contributed by atoms with E-state index in [2.05, 4.69) is 33.2 Å². The highest BCUT2D eigenvalue weighted by molar-refractivity contribution is 9.10. The monoisotopic (exact) mass is 529 g/mol. The second kappa shape index (κ2) is 11.0. The van der Waals surface area contributed by atoms with Crippen LogP contribution in [-0.4, -0.2) is 31.3 Å². The molecule has 6 nitrogen and oxygen atoms in total. The molecule has 33 heavy (non-hydrogen) atoms. The normalized spacial score (nSPS) is 11.4. The molecule has 0 unspecified atom stereocenters. The number of nitrogens with zero attached hydrogens (tertiary/aromatic N) is 2. The molecule has 3 aromatic rings. The van der Waals surface area contributed by atoms with Crippen molar-refractivity contribution in [1.29, 1.82) is 0 Å². The van der Waals surface area contributed by atoms with Crippen molar-refractivity contribution in [3.8, 4) is 11.4 Å². The minimum atomic E-state index is -0.920. The summed E-state index contributed by atoms with van der Waals surface area (Å²) in [7, 11) is 0. The third kappa shape index (κ3) is 6.48. The molecule has 174 valence electrons. The van der Waals surface area contributed by atoms with Crippen molar-refractivity contribution in [1.82, 2.24) is 9.55 Å². The molecule has 0 saturated carbocycles. The minimum absolute atomic E-state index is 0.271. The van der Waals surface area contributed by atoms with Gasteiger partial charge in [0.1, 0.15) is 16.3 Å². The number of unbranched alkanes of at least 4 members (excludes halogenated alkanes) is 2. The highest BCUT2D eigenvalue weighted by atomic mass is 79.9. The van der Waals surface area contributed by atoms with Crippen LogP contribution in [0.1, 0.15) is 50.5 Å². The largest absolute Gasteiger partial charge is 0.480 e. The molecule has 0 aliphatic rings. The average Bonchev–Trinajstić information content (AvgIpc) is 3.20. The average molecular weight is 530 g/mol. The number of carboxylic acids is 1. The summed E-state index contributed by atoms with van der Waals surface area (Å²) in [6.45, 7) is 6.29. The SMILES string of the molecule is CCCCCn1cc(C(=O)Nc2ccccc2Br)nc1-c1ccc(SC(C)(C)C(=O)O)cc1. The number of nitrogens with one attached hydrogen (secondary N) is 1. The van der Waals surface area contributed by atoms with Gasteiger partial charge in [0.05, 0.1) is 5.69 Å². The van der Waals surface area contributed by atoms with Gasteiger partial charge in [-0.2, -0.15) is 0 Å². The number of anilines is 1. The first-order chi connectivity index (χ1) is 15.7. The van der Waals surface area contributed by atoms with E-state index >= 15 is 0 Å². The molecule has 0 atom stereocenters. The lowest BCUT2D eigenvalue weighted by Crippen LogP contribution is -2.26. The molecular weight excluding hydrogens is 502 g/mol. The molecule has 1 heterocycles. The van der Waals surface area contributed by atoms with Crippen LogP contribution in [0.3, 0.4) is 0 Å². The number of hydrogen-bond donors (Lipinski definition) is 2. The summed E-state index contributed by atoms with van der Waals surface area (Å²) in [4.78, 5) is 29.8. The van der Waals surface area contributed by atoms with Crippen LogP contribution < -0.4 is 5.32 Å². The summed E-state index contributed by atoms with van der Waals surface area (Å²) in [5.74, 6) is -0.408. The first-order valence-electron chi connectivity index (χ1n) is 10.9. The Bertz CT molecular complexity index is 1130. The van der Waals surface area contributed by atoms with Gasteiger partial charge in [0, 0.05) is 27.7 Å². The molecule has 0 aliphatic heterocycles. The molecule has 8 heteroatoms. The number of para-hydroxylation sites is 1. The van der Waals surface area contributed by atoms with E-state index in [1.165, 1.54) is 11.8 Å². The van der Waals surface area contributed by atoms with Crippen molar-refractivity contribution in [2.75, 3.05) is 5.32 Å². The number of amides is 1. The maximum Gasteiger partial charge on any atom is 0.319 e. The molecule has 0 bridgehead atoms. The molecule has 1 amide bonds. The number of carbonyl (C=O) groups is 2. The van der Waals surface area contributed by atoms with Gasteiger partial charge in [-0.3, -0.25) is 9.59 Å². The Morgan fingerprint density at radius 2 is 1.82 bits per heavy atom. The number of imidazole rings is 1. The van der Waals surface area contributed by atoms with Crippen molar-refractivity contribution in [3.05, 3.63) is 64.9 Å². The summed E-state index contributed by atoms with van der Waals surface area (Å²) in [5.41, 5.74) is 1.92. The van der Waals surface area contributed by atoms with Gasteiger partial charge in [0.2, 0.25) is 0 Å². The third-order valence-electron chi connectivity index (χ3n) is 5.13. The topological polar surface area (TPSA) is 84.2 Å². The summed E-state index contributed by atoms with van der Waals surface area (Å²) in [6.07, 6.45) is 4.99. The van der Waals surface area contributed by atoms with Crippen molar-refractivity contribution in [2.45, 2.75) is 56.2 Å². The van der Waals surface area contributed by atoms with Crippen LogP contribution in [0.2, 0.25) is 0 Å². The Hall–Kier alpha value is -2.58. The van der Waals surface area contributed by atoms with Crippen molar-refractivity contribution >= 4 is 45.3 Å². The fraction of sp³-hybridized carbons (Fsp3) is 0.320. The van der Waals surface area contributed by atoms with E-state index in [0.29, 0.717) is 11.4 Å². The number of carboxylic acid groups (broad SMARTS) is 1. The lowest BCUT2D eigenvalue weighted by Gasteiger charge is -2.18. The van der Waals surface area contributed by atoms with E-state index in [4.69, 9.17) is 0 Å². The second-order valence-electron chi connectivity index (χ2n) is 8.23. The summed E-state index contributed by atoms with van der Waals surface area (Å²) < 4.78 is 1.91. The molecule has 0 radical (unpaired) electrons. The molecule has 1 aromatic heterocycles. The molecule has 0 saturated heterocycles. The Kier molecular flexibility index (Phi) is 8.37. The summed E-state index contributed by atoms with van der Waals surface area (Å²) in [5, 5.41) is 12.3. The van der Waals surface area contributed by atoms with Gasteiger partial charge in [0.25, 0.3) is 5.91 Å². The predicted molar refractivity (Wildman–Crippen MR) is 137 cm³/mol. The smallest absolute Gasteiger partial charge is 0.319 e. The molecule has 2 aromatic carbocycles. The zero-order valence-corrected chi connectivity index (χ0v) is 21.4. The number of benzene rings is 2. The summed E-state index contributed by atoms with van der Waals surface area (Å²) in [6, 6.07) is 15.1. The Balaban J connectivity index is 1.86. The Morgan fingerprint density at radius 1 is 1.12 bits per heavy atom. The zero-order chi connectivity index (χ0) is 24.0. The highest BCUT2D eigenvalue weighted by Gasteiger charge is 2.28. The van der Waals surface area contributed by atoms with Crippen LogP contribution in [0.25, 0.3) is 11.4 Å². The highest BCUT2D eigenvalue weighted by Crippen LogP contribution is 2.34. The maximum absolute atomic E-state index is 12.9. The lowest BCUT2D eigenvalue weighted by molar-refractivity contribution is -0.138. The van der Waals surface area contributed by atoms with Crippen LogP contribution in [-0.2, 0) is 11.3 Å². The molecule has 0 spiro atoms. The first kappa shape index (κ1) is 25.1. The van der Waals surface area contributed by atoms with Gasteiger partial charge in [-0.1, -0.05) is 44.0 Å². The Morgan fingerprint density at radius 3 is 2.45 bits per heavy atom.